The smallest absolute Gasteiger partial charge is 0.220 e. The topological polar surface area (TPSA) is 21.6 Å². The second-order valence-electron chi connectivity index (χ2n) is 5.75. The summed E-state index contributed by atoms with van der Waals surface area (Å²) in [6, 6.07) is 11.4. The fourth-order valence-electron chi connectivity index (χ4n) is 2.94. The summed E-state index contributed by atoms with van der Waals surface area (Å²) in [5.74, 6) is 0.141. The molecule has 0 N–H and O–H groups in total. The molecular formula is C19H20FNO. The van der Waals surface area contributed by atoms with E-state index < -0.39 is 0 Å². The molecule has 0 saturated carbocycles. The molecule has 3 rings (SSSR count). The summed E-state index contributed by atoms with van der Waals surface area (Å²) in [5, 5.41) is 0. The molecule has 2 aromatic carbocycles. The second-order valence-corrected chi connectivity index (χ2v) is 5.75. The Kier molecular flexibility index (Phi) is 3.97. The molecule has 0 aliphatic carbocycles. The van der Waals surface area contributed by atoms with Gasteiger partial charge in [-0.25, -0.2) is 9.38 Å². The zero-order valence-electron chi connectivity index (χ0n) is 13.2. The molecule has 0 saturated heterocycles. The van der Waals surface area contributed by atoms with Crippen LogP contribution in [0.5, 0.6) is 0 Å². The number of hydrogen-bond acceptors (Lipinski definition) is 2. The molecule has 0 radical (unpaired) electrons. The summed E-state index contributed by atoms with van der Waals surface area (Å²) >= 11 is 0. The van der Waals surface area contributed by atoms with Crippen LogP contribution in [0.25, 0.3) is 0 Å². The van der Waals surface area contributed by atoms with Crippen LogP contribution >= 0.6 is 0 Å². The molecule has 1 aliphatic rings. The molecule has 0 fully saturated rings. The lowest BCUT2D eigenvalue weighted by molar-refractivity contribution is 0.318. The number of aryl methyl sites for hydroxylation is 3. The van der Waals surface area contributed by atoms with Crippen LogP contribution in [-0.4, -0.2) is 12.5 Å². The van der Waals surface area contributed by atoms with Crippen molar-refractivity contribution in [1.29, 1.82) is 0 Å². The molecule has 22 heavy (non-hydrogen) atoms. The van der Waals surface area contributed by atoms with Crippen molar-refractivity contribution >= 4 is 5.90 Å². The monoisotopic (exact) mass is 297 g/mol. The van der Waals surface area contributed by atoms with Gasteiger partial charge in [0.1, 0.15) is 18.5 Å². The van der Waals surface area contributed by atoms with Crippen molar-refractivity contribution in [2.45, 2.75) is 33.2 Å². The van der Waals surface area contributed by atoms with E-state index in [0.717, 1.165) is 12.0 Å². The van der Waals surface area contributed by atoms with Crippen molar-refractivity contribution in [3.63, 3.8) is 0 Å². The lowest BCUT2D eigenvalue weighted by Gasteiger charge is -2.11. The number of hydrogen-bond donors (Lipinski definition) is 0. The van der Waals surface area contributed by atoms with E-state index in [9.17, 15) is 4.39 Å². The van der Waals surface area contributed by atoms with Crippen LogP contribution in [0.15, 0.2) is 41.4 Å². The van der Waals surface area contributed by atoms with Crippen LogP contribution in [-0.2, 0) is 11.2 Å². The largest absolute Gasteiger partial charge is 0.475 e. The SMILES string of the molecule is CCc1cc(C)ccc1C1COC(c2c(C)cccc2F)=N1. The van der Waals surface area contributed by atoms with E-state index in [4.69, 9.17) is 4.74 Å². The zero-order valence-corrected chi connectivity index (χ0v) is 13.2. The Balaban J connectivity index is 1.98. The van der Waals surface area contributed by atoms with E-state index in [1.165, 1.54) is 22.8 Å². The second kappa shape index (κ2) is 5.91. The Bertz CT molecular complexity index is 716. The molecule has 1 unspecified atom stereocenters. The minimum absolute atomic E-state index is 0.0513. The van der Waals surface area contributed by atoms with E-state index in [-0.39, 0.29) is 11.9 Å². The number of benzene rings is 2. The maximum Gasteiger partial charge on any atom is 0.220 e. The van der Waals surface area contributed by atoms with Crippen molar-refractivity contribution in [3.8, 4) is 0 Å². The molecule has 0 amide bonds. The first-order valence-corrected chi connectivity index (χ1v) is 7.65. The van der Waals surface area contributed by atoms with Crippen LogP contribution in [0, 0.1) is 19.7 Å². The quantitative estimate of drug-likeness (QED) is 0.816. The molecule has 1 aliphatic heterocycles. The Morgan fingerprint density at radius 3 is 2.77 bits per heavy atom. The molecular weight excluding hydrogens is 277 g/mol. The molecule has 0 bridgehead atoms. The van der Waals surface area contributed by atoms with Gasteiger partial charge in [0.25, 0.3) is 0 Å². The minimum atomic E-state index is -0.279. The summed E-state index contributed by atoms with van der Waals surface area (Å²) in [6.45, 7) is 6.57. The number of ether oxygens (including phenoxy) is 1. The van der Waals surface area contributed by atoms with Crippen molar-refractivity contribution in [2.24, 2.45) is 4.99 Å². The Hall–Kier alpha value is -2.16. The van der Waals surface area contributed by atoms with Gasteiger partial charge >= 0.3 is 0 Å². The van der Waals surface area contributed by atoms with Gasteiger partial charge in [-0.3, -0.25) is 0 Å². The fourth-order valence-corrected chi connectivity index (χ4v) is 2.94. The van der Waals surface area contributed by atoms with E-state index in [1.807, 2.05) is 13.0 Å². The summed E-state index contributed by atoms with van der Waals surface area (Å²) in [4.78, 5) is 4.64. The van der Waals surface area contributed by atoms with E-state index in [2.05, 4.69) is 37.0 Å². The molecule has 1 heterocycles. The Morgan fingerprint density at radius 1 is 1.23 bits per heavy atom. The lowest BCUT2D eigenvalue weighted by Crippen LogP contribution is -2.06. The average molecular weight is 297 g/mol. The van der Waals surface area contributed by atoms with Gasteiger partial charge in [0.05, 0.1) is 5.56 Å². The molecule has 2 nitrogen and oxygen atoms in total. The summed E-state index contributed by atoms with van der Waals surface area (Å²) < 4.78 is 19.8. The standard InChI is InChI=1S/C19H20FNO/c1-4-14-10-12(2)8-9-15(14)17-11-22-19(21-17)18-13(3)6-5-7-16(18)20/h5-10,17H,4,11H2,1-3H3. The van der Waals surface area contributed by atoms with Gasteiger partial charge in [-0.05, 0) is 43.0 Å². The van der Waals surface area contributed by atoms with Crippen molar-refractivity contribution in [1.82, 2.24) is 0 Å². The van der Waals surface area contributed by atoms with Gasteiger partial charge < -0.3 is 4.74 Å². The summed E-state index contributed by atoms with van der Waals surface area (Å²) in [6.07, 6.45) is 0.955. The van der Waals surface area contributed by atoms with E-state index in [0.29, 0.717) is 18.1 Å². The molecule has 0 spiro atoms. The van der Waals surface area contributed by atoms with Crippen LogP contribution in [0.1, 0.15) is 40.8 Å². The molecule has 3 heteroatoms. The predicted molar refractivity (Wildman–Crippen MR) is 86.9 cm³/mol. The summed E-state index contributed by atoms with van der Waals surface area (Å²) in [7, 11) is 0. The van der Waals surface area contributed by atoms with Crippen molar-refractivity contribution < 1.29 is 9.13 Å². The Morgan fingerprint density at radius 2 is 2.05 bits per heavy atom. The molecule has 2 aromatic rings. The van der Waals surface area contributed by atoms with E-state index in [1.54, 1.807) is 6.07 Å². The molecule has 1 atom stereocenters. The highest BCUT2D eigenvalue weighted by atomic mass is 19.1. The van der Waals surface area contributed by atoms with Crippen LogP contribution in [0.2, 0.25) is 0 Å². The fraction of sp³-hybridized carbons (Fsp3) is 0.316. The van der Waals surface area contributed by atoms with Gasteiger partial charge in [-0.15, -0.1) is 0 Å². The highest BCUT2D eigenvalue weighted by Gasteiger charge is 2.26. The molecule has 114 valence electrons. The van der Waals surface area contributed by atoms with Gasteiger partial charge in [-0.2, -0.15) is 0 Å². The van der Waals surface area contributed by atoms with E-state index >= 15 is 0 Å². The Labute approximate surface area is 130 Å². The summed E-state index contributed by atoms with van der Waals surface area (Å²) in [5.41, 5.74) is 5.03. The first kappa shape index (κ1) is 14.8. The minimum Gasteiger partial charge on any atom is -0.475 e. The van der Waals surface area contributed by atoms with Crippen molar-refractivity contribution in [2.75, 3.05) is 6.61 Å². The lowest BCUT2D eigenvalue weighted by atomic mass is 9.97. The third-order valence-corrected chi connectivity index (χ3v) is 4.13. The van der Waals surface area contributed by atoms with Gasteiger partial charge in [0, 0.05) is 0 Å². The number of aliphatic imine (C=N–C) groups is 1. The predicted octanol–water partition coefficient (Wildman–Crippen LogP) is 4.52. The third-order valence-electron chi connectivity index (χ3n) is 4.13. The highest BCUT2D eigenvalue weighted by Crippen LogP contribution is 2.30. The van der Waals surface area contributed by atoms with Crippen LogP contribution in [0.3, 0.4) is 0 Å². The van der Waals surface area contributed by atoms with Crippen LogP contribution < -0.4 is 0 Å². The highest BCUT2D eigenvalue weighted by molar-refractivity contribution is 5.96. The maximum absolute atomic E-state index is 14.1. The first-order valence-electron chi connectivity index (χ1n) is 7.65. The third kappa shape index (κ3) is 2.63. The normalized spacial score (nSPS) is 17.3. The van der Waals surface area contributed by atoms with Crippen molar-refractivity contribution in [3.05, 3.63) is 70.0 Å². The van der Waals surface area contributed by atoms with Gasteiger partial charge in [-0.1, -0.05) is 42.8 Å². The van der Waals surface area contributed by atoms with Gasteiger partial charge in [0.15, 0.2) is 0 Å². The van der Waals surface area contributed by atoms with Gasteiger partial charge in [0.2, 0.25) is 5.90 Å². The molecule has 0 aromatic heterocycles. The number of nitrogens with zero attached hydrogens (tertiary/aromatic N) is 1. The average Bonchev–Trinajstić information content (AvgIpc) is 2.96. The number of rotatable bonds is 3. The number of halogens is 1. The maximum atomic E-state index is 14.1. The van der Waals surface area contributed by atoms with Crippen LogP contribution in [0.4, 0.5) is 4.39 Å². The zero-order chi connectivity index (χ0) is 15.7. The first-order chi connectivity index (χ1) is 10.6.